The number of hydrogen-bond donors (Lipinski definition) is 2. The largest absolute Gasteiger partial charge is 0.395 e. The lowest BCUT2D eigenvalue weighted by molar-refractivity contribution is -0.137. The smallest absolute Gasteiger partial charge is 0.277 e. The van der Waals surface area contributed by atoms with Gasteiger partial charge in [0.1, 0.15) is 5.70 Å². The molecule has 2 rings (SSSR count). The molecule has 5 nitrogen and oxygen atoms in total. The minimum atomic E-state index is -0.404. The molecule has 2 N–H and O–H groups in total. The van der Waals surface area contributed by atoms with E-state index >= 15 is 0 Å². The molecule has 1 heterocycles. The molecule has 6 heteroatoms. The van der Waals surface area contributed by atoms with Crippen molar-refractivity contribution < 1.29 is 14.7 Å². The van der Waals surface area contributed by atoms with Crippen molar-refractivity contribution in [1.82, 2.24) is 4.90 Å². The average Bonchev–Trinajstić information content (AvgIpc) is 2.69. The van der Waals surface area contributed by atoms with E-state index in [-0.39, 0.29) is 18.8 Å². The SMILES string of the molecule is CC(C)Sc1ccccc1NC1=CC(=O)N(CCO)C1=O. The second-order valence-electron chi connectivity index (χ2n) is 4.86. The molecule has 112 valence electrons. The number of hydrogen-bond acceptors (Lipinski definition) is 5. The number of carbonyl (C=O) groups is 2. The van der Waals surface area contributed by atoms with Crippen LogP contribution in [-0.2, 0) is 9.59 Å². The van der Waals surface area contributed by atoms with Crippen LogP contribution in [0.1, 0.15) is 13.8 Å². The van der Waals surface area contributed by atoms with Crippen LogP contribution in [0.3, 0.4) is 0 Å². The van der Waals surface area contributed by atoms with Gasteiger partial charge in [-0.25, -0.2) is 0 Å². The highest BCUT2D eigenvalue weighted by Gasteiger charge is 2.30. The van der Waals surface area contributed by atoms with Crippen LogP contribution >= 0.6 is 11.8 Å². The topological polar surface area (TPSA) is 69.6 Å². The fraction of sp³-hybridized carbons (Fsp3) is 0.333. The van der Waals surface area contributed by atoms with E-state index < -0.39 is 11.8 Å². The van der Waals surface area contributed by atoms with E-state index in [0.717, 1.165) is 15.5 Å². The number of anilines is 1. The van der Waals surface area contributed by atoms with Crippen molar-refractivity contribution in [3.8, 4) is 0 Å². The Morgan fingerprint density at radius 3 is 2.67 bits per heavy atom. The molecule has 0 aliphatic carbocycles. The van der Waals surface area contributed by atoms with E-state index in [0.29, 0.717) is 5.25 Å². The molecule has 1 aromatic carbocycles. The van der Waals surface area contributed by atoms with Crippen LogP contribution in [0.2, 0.25) is 0 Å². The second-order valence-corrected chi connectivity index (χ2v) is 6.48. The number of aliphatic hydroxyl groups excluding tert-OH is 1. The zero-order chi connectivity index (χ0) is 15.4. The standard InChI is InChI=1S/C15H18N2O3S/c1-10(2)21-13-6-4-3-5-11(13)16-12-9-14(19)17(7-8-18)15(12)20/h3-6,9-10,16,18H,7-8H2,1-2H3. The molecule has 21 heavy (non-hydrogen) atoms. The summed E-state index contributed by atoms with van der Waals surface area (Å²) in [6.07, 6.45) is 1.27. The first-order valence-electron chi connectivity index (χ1n) is 6.74. The van der Waals surface area contributed by atoms with E-state index in [1.165, 1.54) is 6.08 Å². The number of rotatable bonds is 6. The first kappa shape index (κ1) is 15.6. The number of nitrogens with one attached hydrogen (secondary N) is 1. The fourth-order valence-corrected chi connectivity index (χ4v) is 2.89. The van der Waals surface area contributed by atoms with Crippen molar-refractivity contribution in [2.45, 2.75) is 24.0 Å². The van der Waals surface area contributed by atoms with Gasteiger partial charge < -0.3 is 10.4 Å². The average molecular weight is 306 g/mol. The van der Waals surface area contributed by atoms with E-state index in [2.05, 4.69) is 19.2 Å². The van der Waals surface area contributed by atoms with Gasteiger partial charge in [-0.2, -0.15) is 0 Å². The molecule has 0 radical (unpaired) electrons. The van der Waals surface area contributed by atoms with Gasteiger partial charge in [-0.3, -0.25) is 14.5 Å². The third-order valence-corrected chi connectivity index (χ3v) is 3.93. The minimum Gasteiger partial charge on any atom is -0.395 e. The molecule has 0 saturated heterocycles. The van der Waals surface area contributed by atoms with Crippen molar-refractivity contribution in [3.63, 3.8) is 0 Å². The van der Waals surface area contributed by atoms with Crippen molar-refractivity contribution in [3.05, 3.63) is 36.0 Å². The monoisotopic (exact) mass is 306 g/mol. The Morgan fingerprint density at radius 2 is 2.00 bits per heavy atom. The fourth-order valence-electron chi connectivity index (χ4n) is 1.98. The Labute approximate surface area is 128 Å². The summed E-state index contributed by atoms with van der Waals surface area (Å²) in [6, 6.07) is 7.66. The maximum Gasteiger partial charge on any atom is 0.277 e. The molecule has 1 aliphatic rings. The predicted molar refractivity (Wildman–Crippen MR) is 82.9 cm³/mol. The van der Waals surface area contributed by atoms with Crippen LogP contribution < -0.4 is 5.32 Å². The van der Waals surface area contributed by atoms with Crippen LogP contribution in [-0.4, -0.2) is 40.2 Å². The summed E-state index contributed by atoms with van der Waals surface area (Å²) in [6.45, 7) is 3.96. The predicted octanol–water partition coefficient (Wildman–Crippen LogP) is 1.84. The van der Waals surface area contributed by atoms with Gasteiger partial charge >= 0.3 is 0 Å². The van der Waals surface area contributed by atoms with Crippen LogP contribution in [0, 0.1) is 0 Å². The normalized spacial score (nSPS) is 14.9. The Balaban J connectivity index is 2.18. The number of imide groups is 1. The highest BCUT2D eigenvalue weighted by atomic mass is 32.2. The third kappa shape index (κ3) is 3.65. The number of thioether (sulfide) groups is 1. The zero-order valence-electron chi connectivity index (χ0n) is 12.0. The number of aliphatic hydroxyl groups is 1. The summed E-state index contributed by atoms with van der Waals surface area (Å²) >= 11 is 1.68. The minimum absolute atomic E-state index is 0.0156. The Kier molecular flexibility index (Phi) is 5.03. The summed E-state index contributed by atoms with van der Waals surface area (Å²) in [7, 11) is 0. The molecule has 1 aromatic rings. The molecule has 0 unspecified atom stereocenters. The van der Waals surface area contributed by atoms with Gasteiger partial charge in [0.25, 0.3) is 11.8 Å². The number of nitrogens with zero attached hydrogens (tertiary/aromatic N) is 1. The number of benzene rings is 1. The van der Waals surface area contributed by atoms with Crippen LogP contribution in [0.5, 0.6) is 0 Å². The van der Waals surface area contributed by atoms with Gasteiger partial charge in [0, 0.05) is 16.2 Å². The van der Waals surface area contributed by atoms with E-state index in [9.17, 15) is 9.59 Å². The molecule has 0 spiro atoms. The molecule has 1 aliphatic heterocycles. The lowest BCUT2D eigenvalue weighted by Crippen LogP contribution is -2.34. The van der Waals surface area contributed by atoms with Gasteiger partial charge in [0.05, 0.1) is 18.8 Å². The molecule has 0 saturated carbocycles. The van der Waals surface area contributed by atoms with Gasteiger partial charge in [0.2, 0.25) is 0 Å². The van der Waals surface area contributed by atoms with Gasteiger partial charge in [-0.05, 0) is 12.1 Å². The zero-order valence-corrected chi connectivity index (χ0v) is 12.8. The van der Waals surface area contributed by atoms with Crippen LogP contribution in [0.25, 0.3) is 0 Å². The van der Waals surface area contributed by atoms with E-state index in [4.69, 9.17) is 5.11 Å². The molecule has 0 bridgehead atoms. The maximum atomic E-state index is 12.1. The van der Waals surface area contributed by atoms with Gasteiger partial charge in [-0.1, -0.05) is 26.0 Å². The van der Waals surface area contributed by atoms with E-state index in [1.54, 1.807) is 11.8 Å². The van der Waals surface area contributed by atoms with Crippen molar-refractivity contribution >= 4 is 29.3 Å². The van der Waals surface area contributed by atoms with Gasteiger partial charge in [-0.15, -0.1) is 11.8 Å². The first-order chi connectivity index (χ1) is 10.0. The highest BCUT2D eigenvalue weighted by molar-refractivity contribution is 8.00. The van der Waals surface area contributed by atoms with E-state index in [1.807, 2.05) is 24.3 Å². The number of carbonyl (C=O) groups excluding carboxylic acids is 2. The van der Waals surface area contributed by atoms with Crippen molar-refractivity contribution in [1.29, 1.82) is 0 Å². The maximum absolute atomic E-state index is 12.1. The lowest BCUT2D eigenvalue weighted by Gasteiger charge is -2.15. The summed E-state index contributed by atoms with van der Waals surface area (Å²) in [5.41, 5.74) is 1.04. The quantitative estimate of drug-likeness (QED) is 0.620. The molecular formula is C15H18N2O3S. The summed E-state index contributed by atoms with van der Waals surface area (Å²) < 4.78 is 0. The third-order valence-electron chi connectivity index (χ3n) is 2.85. The van der Waals surface area contributed by atoms with Crippen molar-refractivity contribution in [2.24, 2.45) is 0 Å². The Bertz CT molecular complexity index is 584. The molecule has 2 amide bonds. The number of amides is 2. The molecule has 0 atom stereocenters. The van der Waals surface area contributed by atoms with Gasteiger partial charge in [0.15, 0.2) is 0 Å². The van der Waals surface area contributed by atoms with Crippen molar-refractivity contribution in [2.75, 3.05) is 18.5 Å². The highest BCUT2D eigenvalue weighted by Crippen LogP contribution is 2.31. The Morgan fingerprint density at radius 1 is 1.29 bits per heavy atom. The van der Waals surface area contributed by atoms with Crippen LogP contribution in [0.15, 0.2) is 40.9 Å². The molecule has 0 fully saturated rings. The summed E-state index contributed by atoms with van der Waals surface area (Å²) in [4.78, 5) is 25.9. The molecule has 0 aromatic heterocycles. The lowest BCUT2D eigenvalue weighted by atomic mass is 10.3. The summed E-state index contributed by atoms with van der Waals surface area (Å²) in [5.74, 6) is -0.802. The summed E-state index contributed by atoms with van der Waals surface area (Å²) in [5, 5.41) is 12.3. The molecular weight excluding hydrogens is 288 g/mol. The number of para-hydroxylation sites is 1. The Hall–Kier alpha value is -1.79. The second kappa shape index (κ2) is 6.78. The first-order valence-corrected chi connectivity index (χ1v) is 7.62. The van der Waals surface area contributed by atoms with Crippen LogP contribution in [0.4, 0.5) is 5.69 Å². The number of β-amino-alcohol motifs (C(OH)–C–C–N with tert-alkyl or cyclic N) is 1.